The minimum absolute atomic E-state index is 0.220. The van der Waals surface area contributed by atoms with E-state index in [0.717, 1.165) is 25.7 Å². The molecule has 13 heavy (non-hydrogen) atoms. The molecular weight excluding hydrogens is 166 g/mol. The third kappa shape index (κ3) is 2.44. The van der Waals surface area contributed by atoms with Gasteiger partial charge < -0.3 is 10.5 Å². The zero-order valence-corrected chi connectivity index (χ0v) is 8.51. The summed E-state index contributed by atoms with van der Waals surface area (Å²) in [4.78, 5) is 11.5. The van der Waals surface area contributed by atoms with E-state index in [1.54, 1.807) is 0 Å². The van der Waals surface area contributed by atoms with E-state index in [-0.39, 0.29) is 5.97 Å². The second kappa shape index (κ2) is 4.09. The molecule has 1 rings (SSSR count). The number of carbonyl (C=O) groups is 1. The quantitative estimate of drug-likeness (QED) is 0.662. The standard InChI is InChI=1S/C10H19NO2/c1-3-13-9(12)10(11)6-4-8(2)5-7-10/h8H,3-7,11H2,1-2H3. The van der Waals surface area contributed by atoms with E-state index in [4.69, 9.17) is 10.5 Å². The van der Waals surface area contributed by atoms with Crippen LogP contribution in [0.5, 0.6) is 0 Å². The molecule has 0 aliphatic heterocycles. The normalized spacial score (nSPS) is 34.2. The Morgan fingerprint density at radius 1 is 1.54 bits per heavy atom. The van der Waals surface area contributed by atoms with Crippen LogP contribution in [0.1, 0.15) is 39.5 Å². The molecule has 0 unspecified atom stereocenters. The van der Waals surface area contributed by atoms with Gasteiger partial charge in [-0.25, -0.2) is 0 Å². The first-order valence-corrected chi connectivity index (χ1v) is 5.04. The summed E-state index contributed by atoms with van der Waals surface area (Å²) in [6.45, 7) is 4.44. The lowest BCUT2D eigenvalue weighted by Gasteiger charge is -2.33. The topological polar surface area (TPSA) is 52.3 Å². The van der Waals surface area contributed by atoms with Crippen molar-refractivity contribution in [2.75, 3.05) is 6.61 Å². The smallest absolute Gasteiger partial charge is 0.326 e. The Bertz CT molecular complexity index is 183. The Balaban J connectivity index is 2.51. The van der Waals surface area contributed by atoms with Gasteiger partial charge >= 0.3 is 5.97 Å². The van der Waals surface area contributed by atoms with Gasteiger partial charge in [0.2, 0.25) is 0 Å². The van der Waals surface area contributed by atoms with Crippen LogP contribution in [0.2, 0.25) is 0 Å². The van der Waals surface area contributed by atoms with Crippen molar-refractivity contribution in [1.82, 2.24) is 0 Å². The van der Waals surface area contributed by atoms with Crippen LogP contribution >= 0.6 is 0 Å². The lowest BCUT2D eigenvalue weighted by atomic mass is 9.78. The van der Waals surface area contributed by atoms with Crippen LogP contribution < -0.4 is 5.73 Å². The highest BCUT2D eigenvalue weighted by Gasteiger charge is 2.38. The van der Waals surface area contributed by atoms with E-state index < -0.39 is 5.54 Å². The second-order valence-corrected chi connectivity index (χ2v) is 4.06. The molecule has 3 heteroatoms. The molecule has 0 amide bonds. The molecule has 0 aromatic rings. The van der Waals surface area contributed by atoms with Crippen molar-refractivity contribution in [2.45, 2.75) is 45.1 Å². The molecule has 3 nitrogen and oxygen atoms in total. The summed E-state index contributed by atoms with van der Waals surface area (Å²) in [7, 11) is 0. The minimum atomic E-state index is -0.692. The maximum atomic E-state index is 11.5. The van der Waals surface area contributed by atoms with Crippen LogP contribution in [0.15, 0.2) is 0 Å². The fourth-order valence-corrected chi connectivity index (χ4v) is 1.76. The monoisotopic (exact) mass is 185 g/mol. The lowest BCUT2D eigenvalue weighted by Crippen LogP contribution is -2.51. The summed E-state index contributed by atoms with van der Waals surface area (Å²) in [5.41, 5.74) is 5.28. The fraction of sp³-hybridized carbons (Fsp3) is 0.900. The van der Waals surface area contributed by atoms with Crippen LogP contribution in [-0.2, 0) is 9.53 Å². The predicted molar refractivity (Wildman–Crippen MR) is 51.2 cm³/mol. The van der Waals surface area contributed by atoms with E-state index in [0.29, 0.717) is 12.5 Å². The largest absolute Gasteiger partial charge is 0.465 e. The van der Waals surface area contributed by atoms with E-state index in [2.05, 4.69) is 6.92 Å². The molecule has 1 aliphatic rings. The number of rotatable bonds is 2. The highest BCUT2D eigenvalue weighted by atomic mass is 16.5. The van der Waals surface area contributed by atoms with Crippen molar-refractivity contribution < 1.29 is 9.53 Å². The maximum absolute atomic E-state index is 11.5. The molecule has 0 saturated heterocycles. The van der Waals surface area contributed by atoms with Gasteiger partial charge in [0.15, 0.2) is 0 Å². The molecular formula is C10H19NO2. The first-order valence-electron chi connectivity index (χ1n) is 5.04. The summed E-state index contributed by atoms with van der Waals surface area (Å²) in [6.07, 6.45) is 3.62. The summed E-state index contributed by atoms with van der Waals surface area (Å²) >= 11 is 0. The molecule has 0 spiro atoms. The van der Waals surface area contributed by atoms with Crippen molar-refractivity contribution in [3.63, 3.8) is 0 Å². The van der Waals surface area contributed by atoms with Crippen LogP contribution in [0, 0.1) is 5.92 Å². The van der Waals surface area contributed by atoms with Gasteiger partial charge in [-0.2, -0.15) is 0 Å². The molecule has 1 fully saturated rings. The van der Waals surface area contributed by atoms with Crippen molar-refractivity contribution >= 4 is 5.97 Å². The second-order valence-electron chi connectivity index (χ2n) is 4.06. The zero-order chi connectivity index (χ0) is 9.90. The van der Waals surface area contributed by atoms with Gasteiger partial charge in [-0.3, -0.25) is 4.79 Å². The zero-order valence-electron chi connectivity index (χ0n) is 8.51. The number of carbonyl (C=O) groups excluding carboxylic acids is 1. The van der Waals surface area contributed by atoms with Crippen molar-refractivity contribution in [3.05, 3.63) is 0 Å². The van der Waals surface area contributed by atoms with Crippen LogP contribution in [0.25, 0.3) is 0 Å². The molecule has 0 radical (unpaired) electrons. The highest BCUT2D eigenvalue weighted by Crippen LogP contribution is 2.30. The van der Waals surface area contributed by atoms with Crippen LogP contribution in [0.3, 0.4) is 0 Å². The average Bonchev–Trinajstić information content (AvgIpc) is 2.11. The lowest BCUT2D eigenvalue weighted by molar-refractivity contribution is -0.151. The van der Waals surface area contributed by atoms with Crippen LogP contribution in [-0.4, -0.2) is 18.1 Å². The fourth-order valence-electron chi connectivity index (χ4n) is 1.76. The van der Waals surface area contributed by atoms with E-state index in [1.165, 1.54) is 0 Å². The van der Waals surface area contributed by atoms with Gasteiger partial charge in [-0.15, -0.1) is 0 Å². The van der Waals surface area contributed by atoms with Crippen LogP contribution in [0.4, 0.5) is 0 Å². The molecule has 0 atom stereocenters. The van der Waals surface area contributed by atoms with Crippen molar-refractivity contribution in [3.8, 4) is 0 Å². The maximum Gasteiger partial charge on any atom is 0.326 e. The Kier molecular flexibility index (Phi) is 3.31. The molecule has 1 saturated carbocycles. The van der Waals surface area contributed by atoms with Gasteiger partial charge in [0, 0.05) is 0 Å². The van der Waals surface area contributed by atoms with Crippen molar-refractivity contribution in [1.29, 1.82) is 0 Å². The summed E-state index contributed by atoms with van der Waals surface area (Å²) < 4.78 is 4.96. The van der Waals surface area contributed by atoms with Gasteiger partial charge in [-0.1, -0.05) is 6.92 Å². The molecule has 0 aromatic heterocycles. The average molecular weight is 185 g/mol. The number of hydrogen-bond acceptors (Lipinski definition) is 3. The summed E-state index contributed by atoms with van der Waals surface area (Å²) in [5.74, 6) is 0.480. The summed E-state index contributed by atoms with van der Waals surface area (Å²) in [5, 5.41) is 0. The molecule has 1 aliphatic carbocycles. The van der Waals surface area contributed by atoms with Gasteiger partial charge in [0.25, 0.3) is 0 Å². The number of esters is 1. The van der Waals surface area contributed by atoms with Crippen molar-refractivity contribution in [2.24, 2.45) is 11.7 Å². The number of ether oxygens (including phenoxy) is 1. The molecule has 0 heterocycles. The number of hydrogen-bond donors (Lipinski definition) is 1. The first-order chi connectivity index (χ1) is 6.08. The Labute approximate surface area is 79.6 Å². The Morgan fingerprint density at radius 2 is 2.08 bits per heavy atom. The number of nitrogens with two attached hydrogens (primary N) is 1. The van der Waals surface area contributed by atoms with E-state index in [9.17, 15) is 4.79 Å². The third-order valence-electron chi connectivity index (χ3n) is 2.85. The van der Waals surface area contributed by atoms with E-state index >= 15 is 0 Å². The molecule has 76 valence electrons. The third-order valence-corrected chi connectivity index (χ3v) is 2.85. The molecule has 0 bridgehead atoms. The van der Waals surface area contributed by atoms with Gasteiger partial charge in [0.1, 0.15) is 5.54 Å². The summed E-state index contributed by atoms with van der Waals surface area (Å²) in [6, 6.07) is 0. The first kappa shape index (κ1) is 10.5. The predicted octanol–water partition coefficient (Wildman–Crippen LogP) is 1.46. The Hall–Kier alpha value is -0.570. The highest BCUT2D eigenvalue weighted by molar-refractivity contribution is 5.80. The minimum Gasteiger partial charge on any atom is -0.465 e. The SMILES string of the molecule is CCOC(=O)C1(N)CCC(C)CC1. The van der Waals surface area contributed by atoms with Gasteiger partial charge in [-0.05, 0) is 38.5 Å². The van der Waals surface area contributed by atoms with E-state index in [1.807, 2.05) is 6.92 Å². The Morgan fingerprint density at radius 3 is 2.54 bits per heavy atom. The molecule has 0 aromatic carbocycles. The van der Waals surface area contributed by atoms with Gasteiger partial charge in [0.05, 0.1) is 6.61 Å². The molecule has 2 N–H and O–H groups in total.